The minimum Gasteiger partial charge on any atom is -0.497 e. The maximum atomic E-state index is 5.92. The van der Waals surface area contributed by atoms with Crippen LogP contribution in [-0.4, -0.2) is 44.0 Å². The second-order valence-corrected chi connectivity index (χ2v) is 6.31. The number of nitrogens with one attached hydrogen (secondary N) is 2. The molecule has 1 atom stereocenters. The summed E-state index contributed by atoms with van der Waals surface area (Å²) in [5.41, 5.74) is 2.09. The summed E-state index contributed by atoms with van der Waals surface area (Å²) < 4.78 is 16.3. The number of hydrogen-bond acceptors (Lipinski definition) is 5. The van der Waals surface area contributed by atoms with Crippen molar-refractivity contribution in [3.8, 4) is 11.5 Å². The van der Waals surface area contributed by atoms with E-state index in [0.29, 0.717) is 6.54 Å². The first-order chi connectivity index (χ1) is 13.0. The Bertz CT molecular complexity index is 729. The standard InChI is InChI=1S/C20H30N4O3.HI/c1-6-21-20(22-11-10-19-15(3)24-27-16(19)4)23-13-14(2)26-18-9-7-8-17(12-18)25-5;/h7-9,12,14H,6,10-11,13H2,1-5H3,(H2,21,22,23);1H. The highest BCUT2D eigenvalue weighted by Crippen LogP contribution is 2.20. The molecule has 2 aromatic rings. The van der Waals surface area contributed by atoms with Crippen molar-refractivity contribution < 1.29 is 14.0 Å². The van der Waals surface area contributed by atoms with Crippen LogP contribution in [0.2, 0.25) is 0 Å². The minimum absolute atomic E-state index is 0. The number of hydrogen-bond donors (Lipinski definition) is 2. The van der Waals surface area contributed by atoms with E-state index in [0.717, 1.165) is 54.0 Å². The average molecular weight is 502 g/mol. The zero-order valence-electron chi connectivity index (χ0n) is 17.2. The Hall–Kier alpha value is -1.97. The van der Waals surface area contributed by atoms with Gasteiger partial charge in [0.25, 0.3) is 0 Å². The van der Waals surface area contributed by atoms with E-state index in [4.69, 9.17) is 14.0 Å². The fourth-order valence-corrected chi connectivity index (χ4v) is 2.67. The van der Waals surface area contributed by atoms with Crippen molar-refractivity contribution in [1.82, 2.24) is 15.8 Å². The minimum atomic E-state index is -0.0601. The molecule has 8 heteroatoms. The molecule has 2 rings (SSSR count). The van der Waals surface area contributed by atoms with Crippen LogP contribution in [0.3, 0.4) is 0 Å². The quantitative estimate of drug-likeness (QED) is 0.311. The van der Waals surface area contributed by atoms with Gasteiger partial charge in [0.1, 0.15) is 23.4 Å². The topological polar surface area (TPSA) is 80.9 Å². The molecule has 1 aromatic heterocycles. The van der Waals surface area contributed by atoms with Crippen LogP contribution in [0.1, 0.15) is 30.9 Å². The Kier molecular flexibility index (Phi) is 10.7. The van der Waals surface area contributed by atoms with Gasteiger partial charge in [-0.1, -0.05) is 11.2 Å². The Morgan fingerprint density at radius 1 is 1.25 bits per heavy atom. The van der Waals surface area contributed by atoms with Crippen LogP contribution in [0.25, 0.3) is 0 Å². The van der Waals surface area contributed by atoms with Gasteiger partial charge in [0.15, 0.2) is 5.96 Å². The Balaban J connectivity index is 0.00000392. The number of aromatic nitrogens is 1. The van der Waals surface area contributed by atoms with E-state index in [1.807, 2.05) is 52.0 Å². The predicted octanol–water partition coefficient (Wildman–Crippen LogP) is 3.48. The van der Waals surface area contributed by atoms with Crippen molar-refractivity contribution in [2.75, 3.05) is 26.7 Å². The molecular weight excluding hydrogens is 471 g/mol. The van der Waals surface area contributed by atoms with Gasteiger partial charge in [-0.2, -0.15) is 0 Å². The largest absolute Gasteiger partial charge is 0.497 e. The van der Waals surface area contributed by atoms with Gasteiger partial charge >= 0.3 is 0 Å². The van der Waals surface area contributed by atoms with Crippen molar-refractivity contribution in [1.29, 1.82) is 0 Å². The summed E-state index contributed by atoms with van der Waals surface area (Å²) in [6.07, 6.45) is 0.775. The maximum absolute atomic E-state index is 5.92. The summed E-state index contributed by atoms with van der Waals surface area (Å²) in [5.74, 6) is 3.19. The fourth-order valence-electron chi connectivity index (χ4n) is 2.67. The number of benzene rings is 1. The average Bonchev–Trinajstić information content (AvgIpc) is 2.98. The number of guanidine groups is 1. The molecule has 0 radical (unpaired) electrons. The van der Waals surface area contributed by atoms with Gasteiger partial charge in [0.2, 0.25) is 0 Å². The van der Waals surface area contributed by atoms with Crippen molar-refractivity contribution >= 4 is 29.9 Å². The van der Waals surface area contributed by atoms with Crippen LogP contribution in [-0.2, 0) is 6.42 Å². The summed E-state index contributed by atoms with van der Waals surface area (Å²) in [6, 6.07) is 7.58. The Morgan fingerprint density at radius 3 is 2.64 bits per heavy atom. The number of nitrogens with zero attached hydrogens (tertiary/aromatic N) is 2. The predicted molar refractivity (Wildman–Crippen MR) is 122 cm³/mol. The normalized spacial score (nSPS) is 12.1. The molecule has 0 amide bonds. The molecule has 0 saturated carbocycles. The Morgan fingerprint density at radius 2 is 2.00 bits per heavy atom. The van der Waals surface area contributed by atoms with Gasteiger partial charge in [0, 0.05) is 24.7 Å². The van der Waals surface area contributed by atoms with Crippen molar-refractivity contribution in [2.45, 2.75) is 40.2 Å². The first kappa shape index (κ1) is 24.1. The second-order valence-electron chi connectivity index (χ2n) is 6.31. The molecule has 2 N–H and O–H groups in total. The molecule has 0 aliphatic carbocycles. The number of rotatable bonds is 9. The van der Waals surface area contributed by atoms with Gasteiger partial charge in [-0.05, 0) is 46.2 Å². The lowest BCUT2D eigenvalue weighted by Gasteiger charge is -2.15. The van der Waals surface area contributed by atoms with Crippen LogP contribution in [0, 0.1) is 13.8 Å². The smallest absolute Gasteiger partial charge is 0.191 e. The molecule has 156 valence electrons. The monoisotopic (exact) mass is 502 g/mol. The SMILES string of the molecule is CCNC(=NCC(C)Oc1cccc(OC)c1)NCCc1c(C)noc1C.I. The third-order valence-corrected chi connectivity index (χ3v) is 4.08. The van der Waals surface area contributed by atoms with Crippen molar-refractivity contribution in [3.05, 3.63) is 41.3 Å². The van der Waals surface area contributed by atoms with Gasteiger partial charge in [0.05, 0.1) is 19.3 Å². The number of methoxy groups -OCH3 is 1. The van der Waals surface area contributed by atoms with Crippen LogP contribution in [0.5, 0.6) is 11.5 Å². The van der Waals surface area contributed by atoms with E-state index in [2.05, 4.69) is 20.8 Å². The van der Waals surface area contributed by atoms with Gasteiger partial charge in [-0.25, -0.2) is 4.99 Å². The first-order valence-electron chi connectivity index (χ1n) is 9.28. The van der Waals surface area contributed by atoms with Gasteiger partial charge < -0.3 is 24.6 Å². The zero-order valence-corrected chi connectivity index (χ0v) is 19.6. The second kappa shape index (κ2) is 12.5. The molecule has 0 fully saturated rings. The fraction of sp³-hybridized carbons (Fsp3) is 0.500. The maximum Gasteiger partial charge on any atom is 0.191 e. The molecule has 0 spiro atoms. The van der Waals surface area contributed by atoms with E-state index >= 15 is 0 Å². The zero-order chi connectivity index (χ0) is 19.6. The highest BCUT2D eigenvalue weighted by molar-refractivity contribution is 14.0. The summed E-state index contributed by atoms with van der Waals surface area (Å²) in [5, 5.41) is 10.6. The van der Waals surface area contributed by atoms with E-state index in [1.54, 1.807) is 7.11 Å². The molecule has 1 aromatic carbocycles. The van der Waals surface area contributed by atoms with Gasteiger partial charge in [-0.3, -0.25) is 0 Å². The number of ether oxygens (including phenoxy) is 2. The lowest BCUT2D eigenvalue weighted by atomic mass is 10.1. The first-order valence-corrected chi connectivity index (χ1v) is 9.28. The molecule has 1 unspecified atom stereocenters. The third-order valence-electron chi connectivity index (χ3n) is 4.08. The van der Waals surface area contributed by atoms with E-state index < -0.39 is 0 Å². The molecule has 7 nitrogen and oxygen atoms in total. The van der Waals surface area contributed by atoms with Crippen LogP contribution < -0.4 is 20.1 Å². The summed E-state index contributed by atoms with van der Waals surface area (Å²) in [4.78, 5) is 4.61. The van der Waals surface area contributed by atoms with Crippen molar-refractivity contribution in [3.63, 3.8) is 0 Å². The van der Waals surface area contributed by atoms with Crippen LogP contribution >= 0.6 is 24.0 Å². The Labute approximate surface area is 184 Å². The lowest BCUT2D eigenvalue weighted by molar-refractivity contribution is 0.229. The van der Waals surface area contributed by atoms with Crippen LogP contribution in [0.15, 0.2) is 33.8 Å². The number of aryl methyl sites for hydroxylation is 2. The molecule has 28 heavy (non-hydrogen) atoms. The molecule has 1 heterocycles. The highest BCUT2D eigenvalue weighted by atomic mass is 127. The molecule has 0 bridgehead atoms. The summed E-state index contributed by atoms with van der Waals surface area (Å²) in [6.45, 7) is 10.0. The number of halogens is 1. The van der Waals surface area contributed by atoms with E-state index in [-0.39, 0.29) is 30.1 Å². The highest BCUT2D eigenvalue weighted by Gasteiger charge is 2.09. The summed E-state index contributed by atoms with van der Waals surface area (Å²) in [7, 11) is 1.64. The molecular formula is C20H31IN4O3. The van der Waals surface area contributed by atoms with Crippen molar-refractivity contribution in [2.24, 2.45) is 4.99 Å². The molecule has 0 aliphatic rings. The summed E-state index contributed by atoms with van der Waals surface area (Å²) >= 11 is 0. The van der Waals surface area contributed by atoms with Crippen LogP contribution in [0.4, 0.5) is 0 Å². The third kappa shape index (κ3) is 7.57. The molecule has 0 aliphatic heterocycles. The van der Waals surface area contributed by atoms with E-state index in [9.17, 15) is 0 Å². The number of aliphatic imine (C=N–C) groups is 1. The molecule has 0 saturated heterocycles. The lowest BCUT2D eigenvalue weighted by Crippen LogP contribution is -2.39. The van der Waals surface area contributed by atoms with E-state index in [1.165, 1.54) is 0 Å². The van der Waals surface area contributed by atoms with Gasteiger partial charge in [-0.15, -0.1) is 24.0 Å².